The van der Waals surface area contributed by atoms with E-state index in [1.54, 1.807) is 31.3 Å². The lowest BCUT2D eigenvalue weighted by Gasteiger charge is -2.08. The van der Waals surface area contributed by atoms with Gasteiger partial charge in [-0.2, -0.15) is 5.10 Å². The molecule has 0 aliphatic heterocycles. The lowest BCUT2D eigenvalue weighted by atomic mass is 10.1. The van der Waals surface area contributed by atoms with Crippen molar-refractivity contribution in [3.63, 3.8) is 0 Å². The zero-order chi connectivity index (χ0) is 17.5. The molecule has 7 nitrogen and oxygen atoms in total. The highest BCUT2D eigenvalue weighted by Crippen LogP contribution is 2.04. The van der Waals surface area contributed by atoms with E-state index in [1.807, 2.05) is 6.92 Å². The minimum atomic E-state index is -0.352. The first-order valence-corrected chi connectivity index (χ1v) is 7.72. The fourth-order valence-electron chi connectivity index (χ4n) is 2.13. The van der Waals surface area contributed by atoms with Gasteiger partial charge in [0.15, 0.2) is 0 Å². The van der Waals surface area contributed by atoms with Crippen LogP contribution in [0.2, 0.25) is 0 Å². The van der Waals surface area contributed by atoms with Crippen molar-refractivity contribution in [2.75, 3.05) is 7.05 Å². The van der Waals surface area contributed by atoms with Crippen LogP contribution in [0.3, 0.4) is 0 Å². The maximum atomic E-state index is 12.2. The summed E-state index contributed by atoms with van der Waals surface area (Å²) >= 11 is 0. The van der Waals surface area contributed by atoms with Crippen LogP contribution in [0.15, 0.2) is 41.2 Å². The smallest absolute Gasteiger partial charge is 0.271 e. The van der Waals surface area contributed by atoms with Gasteiger partial charge in [0.25, 0.3) is 17.4 Å². The molecule has 0 saturated heterocycles. The molecule has 0 spiro atoms. The summed E-state index contributed by atoms with van der Waals surface area (Å²) in [6.07, 6.45) is 0.760. The summed E-state index contributed by atoms with van der Waals surface area (Å²) in [5.74, 6) is -0.511. The molecule has 0 aliphatic rings. The van der Waals surface area contributed by atoms with E-state index in [4.69, 9.17) is 0 Å². The number of nitrogens with one attached hydrogen (secondary N) is 2. The summed E-state index contributed by atoms with van der Waals surface area (Å²) in [5, 5.41) is 9.36. The molecule has 2 aromatic rings. The third-order valence-corrected chi connectivity index (χ3v) is 3.43. The van der Waals surface area contributed by atoms with Gasteiger partial charge in [0.2, 0.25) is 0 Å². The Morgan fingerprint density at radius 1 is 1.08 bits per heavy atom. The molecule has 0 fully saturated rings. The topological polar surface area (TPSA) is 93.1 Å². The predicted octanol–water partition coefficient (Wildman–Crippen LogP) is 0.943. The van der Waals surface area contributed by atoms with Gasteiger partial charge in [-0.25, -0.2) is 4.68 Å². The van der Waals surface area contributed by atoms with Gasteiger partial charge < -0.3 is 10.6 Å². The van der Waals surface area contributed by atoms with E-state index in [2.05, 4.69) is 15.7 Å². The summed E-state index contributed by atoms with van der Waals surface area (Å²) in [6, 6.07) is 9.70. The predicted molar refractivity (Wildman–Crippen MR) is 89.8 cm³/mol. The van der Waals surface area contributed by atoms with Gasteiger partial charge >= 0.3 is 0 Å². The summed E-state index contributed by atoms with van der Waals surface area (Å²) in [4.78, 5) is 35.2. The maximum absolute atomic E-state index is 12.2. The molecule has 0 saturated carbocycles. The van der Waals surface area contributed by atoms with Gasteiger partial charge in [-0.1, -0.05) is 19.1 Å². The number of carbonyl (C=O) groups excluding carboxylic acids is 2. The average Bonchev–Trinajstić information content (AvgIpc) is 2.61. The van der Waals surface area contributed by atoms with Crippen LogP contribution >= 0.6 is 0 Å². The summed E-state index contributed by atoms with van der Waals surface area (Å²) in [6.45, 7) is 2.71. The standard InChI is InChI=1S/C17H20N4O3/c1-3-10-21-15(22)9-8-14(20-21)17(24)19-11-12-4-6-13(7-5-12)16(23)18-2/h4-9H,3,10-11H2,1-2H3,(H,18,23)(H,19,24). The molecule has 0 aliphatic carbocycles. The summed E-state index contributed by atoms with van der Waals surface area (Å²) in [7, 11) is 1.57. The number of hydrogen-bond acceptors (Lipinski definition) is 4. The number of rotatable bonds is 6. The van der Waals surface area contributed by atoms with Crippen LogP contribution in [-0.2, 0) is 13.1 Å². The highest BCUT2D eigenvalue weighted by Gasteiger charge is 2.09. The van der Waals surface area contributed by atoms with E-state index in [0.29, 0.717) is 18.7 Å². The Bertz CT molecular complexity index is 781. The van der Waals surface area contributed by atoms with E-state index >= 15 is 0 Å². The van der Waals surface area contributed by atoms with E-state index in [1.165, 1.54) is 16.8 Å². The van der Waals surface area contributed by atoms with Crippen molar-refractivity contribution in [1.29, 1.82) is 0 Å². The largest absolute Gasteiger partial charge is 0.355 e. The molecule has 126 valence electrons. The molecule has 0 bridgehead atoms. The zero-order valence-corrected chi connectivity index (χ0v) is 13.7. The minimum Gasteiger partial charge on any atom is -0.355 e. The first-order chi connectivity index (χ1) is 11.5. The second-order valence-corrected chi connectivity index (χ2v) is 5.24. The summed E-state index contributed by atoms with van der Waals surface area (Å²) < 4.78 is 1.28. The molecule has 1 aromatic heterocycles. The number of amides is 2. The second kappa shape index (κ2) is 8.05. The molecule has 2 N–H and O–H groups in total. The molecule has 0 atom stereocenters. The molecule has 2 rings (SSSR count). The van der Waals surface area contributed by atoms with Crippen LogP contribution in [0.5, 0.6) is 0 Å². The highest BCUT2D eigenvalue weighted by atomic mass is 16.2. The van der Waals surface area contributed by atoms with Crippen molar-refractivity contribution in [2.45, 2.75) is 26.4 Å². The van der Waals surface area contributed by atoms with Crippen LogP contribution in [0.25, 0.3) is 0 Å². The molecule has 7 heteroatoms. The van der Waals surface area contributed by atoms with Gasteiger partial charge in [0, 0.05) is 31.8 Å². The van der Waals surface area contributed by atoms with E-state index in [9.17, 15) is 14.4 Å². The highest BCUT2D eigenvalue weighted by molar-refractivity contribution is 5.94. The fourth-order valence-corrected chi connectivity index (χ4v) is 2.13. The first kappa shape index (κ1) is 17.4. The average molecular weight is 328 g/mol. The number of carbonyl (C=O) groups is 2. The Labute approximate surface area is 139 Å². The minimum absolute atomic E-state index is 0.159. The first-order valence-electron chi connectivity index (χ1n) is 7.72. The Morgan fingerprint density at radius 3 is 2.42 bits per heavy atom. The molecule has 1 aromatic carbocycles. The van der Waals surface area contributed by atoms with Gasteiger partial charge in [-0.05, 0) is 30.2 Å². The second-order valence-electron chi connectivity index (χ2n) is 5.24. The molecular formula is C17H20N4O3. The van der Waals surface area contributed by atoms with Crippen molar-refractivity contribution in [3.05, 3.63) is 63.6 Å². The van der Waals surface area contributed by atoms with Crippen molar-refractivity contribution in [3.8, 4) is 0 Å². The van der Waals surface area contributed by atoms with Gasteiger partial charge in [0.1, 0.15) is 5.69 Å². The number of hydrogen-bond donors (Lipinski definition) is 2. The van der Waals surface area contributed by atoms with Crippen molar-refractivity contribution < 1.29 is 9.59 Å². The molecule has 24 heavy (non-hydrogen) atoms. The molecule has 0 radical (unpaired) electrons. The van der Waals surface area contributed by atoms with Gasteiger partial charge in [0.05, 0.1) is 0 Å². The lowest BCUT2D eigenvalue weighted by molar-refractivity contribution is 0.0939. The Hall–Kier alpha value is -2.96. The third-order valence-electron chi connectivity index (χ3n) is 3.43. The van der Waals surface area contributed by atoms with Crippen LogP contribution in [0.4, 0.5) is 0 Å². The lowest BCUT2D eigenvalue weighted by Crippen LogP contribution is -2.29. The number of aryl methyl sites for hydroxylation is 1. The Morgan fingerprint density at radius 2 is 1.79 bits per heavy atom. The molecule has 0 unspecified atom stereocenters. The van der Waals surface area contributed by atoms with Gasteiger partial charge in [-0.3, -0.25) is 14.4 Å². The van der Waals surface area contributed by atoms with E-state index < -0.39 is 0 Å². The molecule has 1 heterocycles. The van der Waals surface area contributed by atoms with Crippen molar-refractivity contribution in [2.24, 2.45) is 0 Å². The zero-order valence-electron chi connectivity index (χ0n) is 13.7. The van der Waals surface area contributed by atoms with Crippen molar-refractivity contribution in [1.82, 2.24) is 20.4 Å². The molecular weight excluding hydrogens is 308 g/mol. The monoisotopic (exact) mass is 328 g/mol. The van der Waals surface area contributed by atoms with Crippen LogP contribution in [0, 0.1) is 0 Å². The normalized spacial score (nSPS) is 10.2. The number of nitrogens with zero attached hydrogens (tertiary/aromatic N) is 2. The Balaban J connectivity index is 2.01. The SMILES string of the molecule is CCCn1nc(C(=O)NCc2ccc(C(=O)NC)cc2)ccc1=O. The van der Waals surface area contributed by atoms with E-state index in [0.717, 1.165) is 12.0 Å². The number of aromatic nitrogens is 2. The fraction of sp³-hybridized carbons (Fsp3) is 0.294. The Kier molecular flexibility index (Phi) is 5.83. The van der Waals surface area contributed by atoms with Crippen LogP contribution in [0.1, 0.15) is 39.8 Å². The van der Waals surface area contributed by atoms with Crippen molar-refractivity contribution >= 4 is 11.8 Å². The summed E-state index contributed by atoms with van der Waals surface area (Å²) in [5.41, 5.74) is 1.39. The molecule has 2 amide bonds. The third kappa shape index (κ3) is 4.28. The maximum Gasteiger partial charge on any atom is 0.271 e. The van der Waals surface area contributed by atoms with E-state index in [-0.39, 0.29) is 23.1 Å². The van der Waals surface area contributed by atoms with Crippen LogP contribution in [-0.4, -0.2) is 28.6 Å². The van der Waals surface area contributed by atoms with Crippen LogP contribution < -0.4 is 16.2 Å². The quantitative estimate of drug-likeness (QED) is 0.825. The number of benzene rings is 1. The van der Waals surface area contributed by atoms with Gasteiger partial charge in [-0.15, -0.1) is 0 Å².